The van der Waals surface area contributed by atoms with Crippen molar-refractivity contribution in [2.75, 3.05) is 0 Å². The fourth-order valence-electron chi connectivity index (χ4n) is 2.11. The van der Waals surface area contributed by atoms with Crippen molar-refractivity contribution in [3.05, 3.63) is 0 Å². The van der Waals surface area contributed by atoms with E-state index in [2.05, 4.69) is 10.6 Å². The molecule has 0 aromatic heterocycles. The van der Waals surface area contributed by atoms with Gasteiger partial charge in [-0.3, -0.25) is 9.59 Å². The van der Waals surface area contributed by atoms with Gasteiger partial charge in [0.25, 0.3) is 0 Å². The predicted molar refractivity (Wildman–Crippen MR) is 62.8 cm³/mol. The van der Waals surface area contributed by atoms with Gasteiger partial charge in [-0.1, -0.05) is 13.8 Å². The van der Waals surface area contributed by atoms with Gasteiger partial charge in [0.05, 0.1) is 0 Å². The lowest BCUT2D eigenvalue weighted by atomic mass is 9.90. The Labute approximate surface area is 97.2 Å². The number of hydrogen-bond donors (Lipinski definition) is 2. The lowest BCUT2D eigenvalue weighted by molar-refractivity contribution is -0.124. The highest BCUT2D eigenvalue weighted by molar-refractivity contribution is 5.78. The van der Waals surface area contributed by atoms with Crippen molar-refractivity contribution in [3.63, 3.8) is 0 Å². The highest BCUT2D eigenvalue weighted by Crippen LogP contribution is 2.18. The van der Waals surface area contributed by atoms with Crippen molar-refractivity contribution >= 4 is 11.8 Å². The fraction of sp³-hybridized carbons (Fsp3) is 0.833. The fourth-order valence-corrected chi connectivity index (χ4v) is 2.11. The number of nitrogens with one attached hydrogen (secondary N) is 2. The average Bonchev–Trinajstić information content (AvgIpc) is 2.16. The van der Waals surface area contributed by atoms with Crippen molar-refractivity contribution in [3.8, 4) is 0 Å². The third kappa shape index (κ3) is 4.21. The molecule has 0 saturated heterocycles. The van der Waals surface area contributed by atoms with E-state index in [0.717, 1.165) is 25.7 Å². The Bertz CT molecular complexity index is 264. The number of rotatable bonds is 3. The quantitative estimate of drug-likeness (QED) is 0.760. The monoisotopic (exact) mass is 226 g/mol. The maximum atomic E-state index is 11.5. The van der Waals surface area contributed by atoms with Crippen LogP contribution in [0.15, 0.2) is 0 Å². The van der Waals surface area contributed by atoms with Gasteiger partial charge >= 0.3 is 0 Å². The van der Waals surface area contributed by atoms with E-state index in [0.29, 0.717) is 0 Å². The molecule has 1 aliphatic carbocycles. The van der Waals surface area contributed by atoms with Crippen LogP contribution in [0.25, 0.3) is 0 Å². The first kappa shape index (κ1) is 13.0. The van der Waals surface area contributed by atoms with Crippen LogP contribution in [0.2, 0.25) is 0 Å². The molecule has 2 atom stereocenters. The van der Waals surface area contributed by atoms with Gasteiger partial charge in [-0.2, -0.15) is 0 Å². The van der Waals surface area contributed by atoms with Gasteiger partial charge in [-0.05, 0) is 25.7 Å². The topological polar surface area (TPSA) is 58.2 Å². The molecule has 0 spiro atoms. The molecule has 0 radical (unpaired) electrons. The SMILES string of the molecule is CC(=O)NC1CCCC(NC(=O)C(C)C)C1. The van der Waals surface area contributed by atoms with Gasteiger partial charge in [-0.15, -0.1) is 0 Å². The molecule has 0 bridgehead atoms. The summed E-state index contributed by atoms with van der Waals surface area (Å²) in [6, 6.07) is 0.448. The Balaban J connectivity index is 2.38. The summed E-state index contributed by atoms with van der Waals surface area (Å²) in [5, 5.41) is 5.96. The Morgan fingerprint density at radius 3 is 2.19 bits per heavy atom. The van der Waals surface area contributed by atoms with Crippen LogP contribution in [0.5, 0.6) is 0 Å². The van der Waals surface area contributed by atoms with E-state index in [1.165, 1.54) is 6.92 Å². The molecule has 1 aliphatic rings. The zero-order chi connectivity index (χ0) is 12.1. The first-order chi connectivity index (χ1) is 7.49. The molecular weight excluding hydrogens is 204 g/mol. The summed E-state index contributed by atoms with van der Waals surface area (Å²) in [7, 11) is 0. The van der Waals surface area contributed by atoms with Gasteiger partial charge in [-0.25, -0.2) is 0 Å². The number of hydrogen-bond acceptors (Lipinski definition) is 2. The van der Waals surface area contributed by atoms with Crippen LogP contribution < -0.4 is 10.6 Å². The second kappa shape index (κ2) is 5.87. The van der Waals surface area contributed by atoms with Gasteiger partial charge in [0.1, 0.15) is 0 Å². The molecule has 0 aliphatic heterocycles. The van der Waals surface area contributed by atoms with E-state index in [1.54, 1.807) is 0 Å². The zero-order valence-electron chi connectivity index (χ0n) is 10.4. The molecule has 1 rings (SSSR count). The first-order valence-corrected chi connectivity index (χ1v) is 6.06. The van der Waals surface area contributed by atoms with Crippen LogP contribution in [0, 0.1) is 5.92 Å². The molecule has 92 valence electrons. The van der Waals surface area contributed by atoms with Gasteiger partial charge < -0.3 is 10.6 Å². The van der Waals surface area contributed by atoms with Crippen LogP contribution in [0.4, 0.5) is 0 Å². The van der Waals surface area contributed by atoms with E-state index in [9.17, 15) is 9.59 Å². The number of carbonyl (C=O) groups is 2. The molecule has 0 aromatic rings. The molecule has 2 unspecified atom stereocenters. The molecule has 2 N–H and O–H groups in total. The van der Waals surface area contributed by atoms with Crippen LogP contribution in [0.1, 0.15) is 46.5 Å². The highest BCUT2D eigenvalue weighted by atomic mass is 16.2. The Kier molecular flexibility index (Phi) is 4.77. The lowest BCUT2D eigenvalue weighted by Crippen LogP contribution is -2.46. The van der Waals surface area contributed by atoms with Gasteiger partial charge in [0, 0.05) is 24.9 Å². The zero-order valence-corrected chi connectivity index (χ0v) is 10.4. The third-order valence-corrected chi connectivity index (χ3v) is 2.95. The molecule has 0 heterocycles. The van der Waals surface area contributed by atoms with Gasteiger partial charge in [0.15, 0.2) is 0 Å². The molecular formula is C12H22N2O2. The van der Waals surface area contributed by atoms with E-state index < -0.39 is 0 Å². The molecule has 16 heavy (non-hydrogen) atoms. The summed E-state index contributed by atoms with van der Waals surface area (Å²) in [4.78, 5) is 22.5. The van der Waals surface area contributed by atoms with Crippen molar-refractivity contribution in [1.29, 1.82) is 0 Å². The second-order valence-electron chi connectivity index (χ2n) is 4.92. The minimum Gasteiger partial charge on any atom is -0.354 e. The van der Waals surface area contributed by atoms with Crippen molar-refractivity contribution in [1.82, 2.24) is 10.6 Å². The van der Waals surface area contributed by atoms with E-state index in [-0.39, 0.29) is 29.8 Å². The second-order valence-corrected chi connectivity index (χ2v) is 4.92. The summed E-state index contributed by atoms with van der Waals surface area (Å²) in [6.07, 6.45) is 3.97. The molecule has 0 aromatic carbocycles. The standard InChI is InChI=1S/C12H22N2O2/c1-8(2)12(16)14-11-6-4-5-10(7-11)13-9(3)15/h8,10-11H,4-7H2,1-3H3,(H,13,15)(H,14,16). The summed E-state index contributed by atoms with van der Waals surface area (Å²) < 4.78 is 0. The van der Waals surface area contributed by atoms with Crippen LogP contribution in [-0.2, 0) is 9.59 Å². The predicted octanol–water partition coefficient (Wildman–Crippen LogP) is 1.21. The maximum Gasteiger partial charge on any atom is 0.222 e. The van der Waals surface area contributed by atoms with Crippen LogP contribution in [-0.4, -0.2) is 23.9 Å². The van der Waals surface area contributed by atoms with Gasteiger partial charge in [0.2, 0.25) is 11.8 Å². The molecule has 1 fully saturated rings. The summed E-state index contributed by atoms with van der Waals surface area (Å²) >= 11 is 0. The lowest BCUT2D eigenvalue weighted by Gasteiger charge is -2.30. The normalized spacial score (nSPS) is 25.2. The number of carbonyl (C=O) groups excluding carboxylic acids is 2. The van der Waals surface area contributed by atoms with E-state index >= 15 is 0 Å². The Hall–Kier alpha value is -1.06. The highest BCUT2D eigenvalue weighted by Gasteiger charge is 2.24. The summed E-state index contributed by atoms with van der Waals surface area (Å²) in [5.41, 5.74) is 0. The third-order valence-electron chi connectivity index (χ3n) is 2.95. The maximum absolute atomic E-state index is 11.5. The minimum atomic E-state index is 0.0147. The number of amides is 2. The molecule has 2 amide bonds. The Morgan fingerprint density at radius 1 is 1.12 bits per heavy atom. The molecule has 1 saturated carbocycles. The van der Waals surface area contributed by atoms with Crippen molar-refractivity contribution in [2.24, 2.45) is 5.92 Å². The summed E-state index contributed by atoms with van der Waals surface area (Å²) in [6.45, 7) is 5.32. The van der Waals surface area contributed by atoms with E-state index in [4.69, 9.17) is 0 Å². The van der Waals surface area contributed by atoms with Crippen LogP contribution >= 0.6 is 0 Å². The molecule has 4 heteroatoms. The first-order valence-electron chi connectivity index (χ1n) is 6.06. The smallest absolute Gasteiger partial charge is 0.222 e. The van der Waals surface area contributed by atoms with Crippen molar-refractivity contribution < 1.29 is 9.59 Å². The average molecular weight is 226 g/mol. The Morgan fingerprint density at radius 2 is 1.69 bits per heavy atom. The summed E-state index contributed by atoms with van der Waals surface area (Å²) in [5.74, 6) is 0.149. The van der Waals surface area contributed by atoms with E-state index in [1.807, 2.05) is 13.8 Å². The van der Waals surface area contributed by atoms with Crippen LogP contribution in [0.3, 0.4) is 0 Å². The largest absolute Gasteiger partial charge is 0.354 e. The van der Waals surface area contributed by atoms with Crippen molar-refractivity contribution in [2.45, 2.75) is 58.5 Å². The minimum absolute atomic E-state index is 0.0147. The molecule has 4 nitrogen and oxygen atoms in total.